The first-order valence-corrected chi connectivity index (χ1v) is 7.13. The van der Waals surface area contributed by atoms with Crippen molar-refractivity contribution >= 4 is 23.0 Å². The molecular formula is C15H22N2S. The molecule has 0 aliphatic carbocycles. The molecule has 1 aliphatic rings. The fourth-order valence-electron chi connectivity index (χ4n) is 2.64. The fraction of sp³-hybridized carbons (Fsp3) is 0.533. The van der Waals surface area contributed by atoms with Gasteiger partial charge in [-0.3, -0.25) is 0 Å². The van der Waals surface area contributed by atoms with Crippen LogP contribution in [0.25, 0.3) is 0 Å². The van der Waals surface area contributed by atoms with Gasteiger partial charge in [0, 0.05) is 18.3 Å². The van der Waals surface area contributed by atoms with Crippen molar-refractivity contribution in [3.63, 3.8) is 0 Å². The molecule has 1 aliphatic heterocycles. The molecule has 98 valence electrons. The second-order valence-electron chi connectivity index (χ2n) is 5.34. The summed E-state index contributed by atoms with van der Waals surface area (Å²) in [6, 6.07) is 7.03. The Bertz CT molecular complexity index is 422. The zero-order valence-electron chi connectivity index (χ0n) is 11.5. The van der Waals surface area contributed by atoms with Crippen LogP contribution in [0.4, 0.5) is 5.69 Å². The number of aryl methyl sites for hydroxylation is 2. The third-order valence-corrected chi connectivity index (χ3v) is 3.87. The van der Waals surface area contributed by atoms with Gasteiger partial charge in [0.25, 0.3) is 0 Å². The molecule has 1 aromatic carbocycles. The molecule has 3 heteroatoms. The van der Waals surface area contributed by atoms with E-state index in [9.17, 15) is 0 Å². The Labute approximate surface area is 115 Å². The normalized spacial score (nSPS) is 19.7. The number of hydrogen-bond donors (Lipinski definition) is 1. The molecular weight excluding hydrogens is 240 g/mol. The Hall–Kier alpha value is -1.09. The highest BCUT2D eigenvalue weighted by molar-refractivity contribution is 7.80. The fourth-order valence-corrected chi connectivity index (χ4v) is 3.03. The second kappa shape index (κ2) is 5.70. The van der Waals surface area contributed by atoms with Gasteiger partial charge in [-0.15, -0.1) is 0 Å². The third-order valence-electron chi connectivity index (χ3n) is 3.54. The number of likely N-dealkylation sites (tertiary alicyclic amines) is 1. The number of hydrogen-bond acceptors (Lipinski definition) is 1. The van der Waals surface area contributed by atoms with Crippen molar-refractivity contribution < 1.29 is 0 Å². The monoisotopic (exact) mass is 262 g/mol. The van der Waals surface area contributed by atoms with Crippen LogP contribution in [0.15, 0.2) is 18.2 Å². The van der Waals surface area contributed by atoms with E-state index in [1.54, 1.807) is 0 Å². The van der Waals surface area contributed by atoms with E-state index in [0.717, 1.165) is 17.3 Å². The van der Waals surface area contributed by atoms with Gasteiger partial charge in [0.1, 0.15) is 0 Å². The van der Waals surface area contributed by atoms with E-state index in [1.165, 1.54) is 30.4 Å². The van der Waals surface area contributed by atoms with E-state index in [0.29, 0.717) is 6.04 Å². The Morgan fingerprint density at radius 3 is 2.50 bits per heavy atom. The highest BCUT2D eigenvalue weighted by atomic mass is 32.1. The molecule has 1 unspecified atom stereocenters. The molecule has 1 atom stereocenters. The molecule has 0 amide bonds. The zero-order valence-corrected chi connectivity index (χ0v) is 12.3. The van der Waals surface area contributed by atoms with Gasteiger partial charge in [0.2, 0.25) is 0 Å². The molecule has 0 saturated carbocycles. The highest BCUT2D eigenvalue weighted by Gasteiger charge is 2.20. The minimum atomic E-state index is 0.560. The van der Waals surface area contributed by atoms with Crippen LogP contribution in [0.1, 0.15) is 37.3 Å². The van der Waals surface area contributed by atoms with Crippen LogP contribution >= 0.6 is 12.2 Å². The Kier molecular flexibility index (Phi) is 4.23. The minimum Gasteiger partial charge on any atom is -0.346 e. The molecule has 1 aromatic rings. The molecule has 1 N–H and O–H groups in total. The Balaban J connectivity index is 2.06. The summed E-state index contributed by atoms with van der Waals surface area (Å²) in [4.78, 5) is 2.32. The summed E-state index contributed by atoms with van der Waals surface area (Å²) in [5.74, 6) is 0. The van der Waals surface area contributed by atoms with Gasteiger partial charge in [-0.05, 0) is 75.5 Å². The van der Waals surface area contributed by atoms with Crippen LogP contribution < -0.4 is 5.32 Å². The molecule has 2 nitrogen and oxygen atoms in total. The minimum absolute atomic E-state index is 0.560. The Morgan fingerprint density at radius 2 is 1.89 bits per heavy atom. The molecule has 1 saturated heterocycles. The predicted molar refractivity (Wildman–Crippen MR) is 82.2 cm³/mol. The summed E-state index contributed by atoms with van der Waals surface area (Å²) >= 11 is 5.53. The summed E-state index contributed by atoms with van der Waals surface area (Å²) in [6.45, 7) is 7.57. The number of rotatable bonds is 1. The molecule has 0 aromatic heterocycles. The molecule has 1 fully saturated rings. The molecule has 0 bridgehead atoms. The van der Waals surface area contributed by atoms with Crippen molar-refractivity contribution in [2.45, 2.75) is 46.1 Å². The number of benzene rings is 1. The van der Waals surface area contributed by atoms with Crippen LogP contribution in [-0.2, 0) is 0 Å². The van der Waals surface area contributed by atoms with Crippen LogP contribution in [0.3, 0.4) is 0 Å². The summed E-state index contributed by atoms with van der Waals surface area (Å²) < 4.78 is 0. The average Bonchev–Trinajstić information content (AvgIpc) is 2.27. The van der Waals surface area contributed by atoms with Gasteiger partial charge in [0.15, 0.2) is 5.11 Å². The number of thiocarbonyl (C=S) groups is 1. The summed E-state index contributed by atoms with van der Waals surface area (Å²) in [7, 11) is 0. The third kappa shape index (κ3) is 3.22. The van der Waals surface area contributed by atoms with Gasteiger partial charge in [0.05, 0.1) is 0 Å². The van der Waals surface area contributed by atoms with Crippen LogP contribution in [0.5, 0.6) is 0 Å². The lowest BCUT2D eigenvalue weighted by molar-refractivity contribution is 0.262. The van der Waals surface area contributed by atoms with Gasteiger partial charge in [-0.25, -0.2) is 0 Å². The highest BCUT2D eigenvalue weighted by Crippen LogP contribution is 2.19. The lowest BCUT2D eigenvalue weighted by Gasteiger charge is -2.35. The number of piperidine rings is 1. The summed E-state index contributed by atoms with van der Waals surface area (Å²) in [5.41, 5.74) is 3.65. The quantitative estimate of drug-likeness (QED) is 0.773. The van der Waals surface area contributed by atoms with E-state index in [-0.39, 0.29) is 0 Å². The number of nitrogens with zero attached hydrogens (tertiary/aromatic N) is 1. The van der Waals surface area contributed by atoms with Gasteiger partial charge < -0.3 is 10.2 Å². The first-order chi connectivity index (χ1) is 8.56. The van der Waals surface area contributed by atoms with E-state index in [4.69, 9.17) is 12.2 Å². The van der Waals surface area contributed by atoms with Gasteiger partial charge >= 0.3 is 0 Å². The predicted octanol–water partition coefficient (Wildman–Crippen LogP) is 3.87. The molecule has 18 heavy (non-hydrogen) atoms. The number of nitrogens with one attached hydrogen (secondary N) is 1. The van der Waals surface area contributed by atoms with Crippen molar-refractivity contribution in [1.29, 1.82) is 0 Å². The topological polar surface area (TPSA) is 15.3 Å². The van der Waals surface area contributed by atoms with Crippen molar-refractivity contribution in [2.75, 3.05) is 11.9 Å². The molecule has 0 radical (unpaired) electrons. The van der Waals surface area contributed by atoms with Crippen molar-refractivity contribution in [3.8, 4) is 0 Å². The smallest absolute Gasteiger partial charge is 0.173 e. The van der Waals surface area contributed by atoms with Crippen molar-refractivity contribution in [3.05, 3.63) is 29.3 Å². The molecule has 0 spiro atoms. The van der Waals surface area contributed by atoms with Crippen LogP contribution in [0.2, 0.25) is 0 Å². The van der Waals surface area contributed by atoms with Crippen molar-refractivity contribution in [2.24, 2.45) is 0 Å². The first kappa shape index (κ1) is 13.3. The van der Waals surface area contributed by atoms with Gasteiger partial charge in [-0.1, -0.05) is 6.07 Å². The SMILES string of the molecule is Cc1cc(C)cc(NC(=S)N2CCCCC2C)c1. The maximum absolute atomic E-state index is 5.53. The average molecular weight is 262 g/mol. The largest absolute Gasteiger partial charge is 0.346 e. The van der Waals surface area contributed by atoms with Crippen LogP contribution in [-0.4, -0.2) is 22.6 Å². The van der Waals surface area contributed by atoms with E-state index < -0.39 is 0 Å². The van der Waals surface area contributed by atoms with E-state index >= 15 is 0 Å². The first-order valence-electron chi connectivity index (χ1n) is 6.72. The lowest BCUT2D eigenvalue weighted by Crippen LogP contribution is -2.44. The maximum Gasteiger partial charge on any atom is 0.173 e. The lowest BCUT2D eigenvalue weighted by atomic mass is 10.0. The van der Waals surface area contributed by atoms with E-state index in [2.05, 4.69) is 49.2 Å². The zero-order chi connectivity index (χ0) is 13.1. The van der Waals surface area contributed by atoms with Gasteiger partial charge in [-0.2, -0.15) is 0 Å². The van der Waals surface area contributed by atoms with Crippen molar-refractivity contribution in [1.82, 2.24) is 4.90 Å². The Morgan fingerprint density at radius 1 is 1.22 bits per heavy atom. The summed E-state index contributed by atoms with van der Waals surface area (Å²) in [6.07, 6.45) is 3.82. The second-order valence-corrected chi connectivity index (χ2v) is 5.73. The maximum atomic E-state index is 5.53. The standard InChI is InChI=1S/C15H22N2S/c1-11-8-12(2)10-14(9-11)16-15(18)17-7-5-4-6-13(17)3/h8-10,13H,4-7H2,1-3H3,(H,16,18). The summed E-state index contributed by atoms with van der Waals surface area (Å²) in [5, 5.41) is 4.25. The van der Waals surface area contributed by atoms with Crippen LogP contribution in [0, 0.1) is 13.8 Å². The van der Waals surface area contributed by atoms with E-state index in [1.807, 2.05) is 0 Å². The molecule has 1 heterocycles. The number of anilines is 1. The molecule has 2 rings (SSSR count).